The van der Waals surface area contributed by atoms with Crippen molar-refractivity contribution < 1.29 is 19.4 Å². The number of carbonyl (C=O) groups excluding carboxylic acids is 1. The lowest BCUT2D eigenvalue weighted by Gasteiger charge is -2.32. The van der Waals surface area contributed by atoms with Gasteiger partial charge in [-0.15, -0.1) is 0 Å². The van der Waals surface area contributed by atoms with E-state index in [1.54, 1.807) is 18.2 Å². The highest BCUT2D eigenvalue weighted by molar-refractivity contribution is 5.87. The summed E-state index contributed by atoms with van der Waals surface area (Å²) in [5.74, 6) is -1.02. The Bertz CT molecular complexity index is 1120. The molecule has 0 aromatic heterocycles. The van der Waals surface area contributed by atoms with Crippen LogP contribution in [0.4, 0.5) is 4.79 Å². The highest BCUT2D eigenvalue weighted by atomic mass is 16.5. The molecule has 0 radical (unpaired) electrons. The van der Waals surface area contributed by atoms with Crippen molar-refractivity contribution in [1.29, 1.82) is 0 Å². The molecule has 0 heterocycles. The molecule has 2 N–H and O–H groups in total. The van der Waals surface area contributed by atoms with Gasteiger partial charge in [0, 0.05) is 5.92 Å². The van der Waals surface area contributed by atoms with Gasteiger partial charge in [0.25, 0.3) is 0 Å². The molecule has 0 spiro atoms. The topological polar surface area (TPSA) is 75.6 Å². The number of hydrogen-bond donors (Lipinski definition) is 2. The van der Waals surface area contributed by atoms with Crippen LogP contribution in [0.15, 0.2) is 72.8 Å². The highest BCUT2D eigenvalue weighted by Gasteiger charge is 2.31. The second-order valence-corrected chi connectivity index (χ2v) is 9.20. The van der Waals surface area contributed by atoms with Crippen molar-refractivity contribution in [3.05, 3.63) is 95.1 Å². The largest absolute Gasteiger partial charge is 0.478 e. The SMILES string of the molecule is CC(C)(C)C(NC(=O)OCC1c2ccccc2-c2ccccc21)c1cccc(C(=O)O)c1. The lowest BCUT2D eigenvalue weighted by Crippen LogP contribution is -2.37. The van der Waals surface area contributed by atoms with Crippen LogP contribution in [-0.2, 0) is 4.74 Å². The second-order valence-electron chi connectivity index (χ2n) is 9.20. The first-order chi connectivity index (χ1) is 15.3. The van der Waals surface area contributed by atoms with Crippen molar-refractivity contribution in [3.8, 4) is 11.1 Å². The third kappa shape index (κ3) is 4.24. The zero-order valence-corrected chi connectivity index (χ0v) is 18.5. The monoisotopic (exact) mass is 429 g/mol. The molecule has 3 aromatic rings. The molecule has 1 aliphatic carbocycles. The average molecular weight is 430 g/mol. The van der Waals surface area contributed by atoms with E-state index in [1.807, 2.05) is 51.1 Å². The van der Waals surface area contributed by atoms with Crippen molar-refractivity contribution in [2.24, 2.45) is 5.41 Å². The van der Waals surface area contributed by atoms with Crippen LogP contribution in [0, 0.1) is 5.41 Å². The number of alkyl carbamates (subject to hydrolysis) is 1. The zero-order valence-electron chi connectivity index (χ0n) is 18.5. The van der Waals surface area contributed by atoms with Crippen LogP contribution >= 0.6 is 0 Å². The fourth-order valence-corrected chi connectivity index (χ4v) is 4.41. The highest BCUT2D eigenvalue weighted by Crippen LogP contribution is 2.44. The number of hydrogen-bond acceptors (Lipinski definition) is 3. The molecule has 1 unspecified atom stereocenters. The zero-order chi connectivity index (χ0) is 22.9. The Morgan fingerprint density at radius 2 is 1.53 bits per heavy atom. The summed E-state index contributed by atoms with van der Waals surface area (Å²) in [5, 5.41) is 12.3. The Morgan fingerprint density at radius 1 is 0.938 bits per heavy atom. The summed E-state index contributed by atoms with van der Waals surface area (Å²) >= 11 is 0. The molecule has 3 aromatic carbocycles. The molecule has 1 amide bonds. The van der Waals surface area contributed by atoms with Gasteiger partial charge in [-0.1, -0.05) is 81.4 Å². The number of fused-ring (bicyclic) bond motifs is 3. The van der Waals surface area contributed by atoms with E-state index in [9.17, 15) is 14.7 Å². The minimum Gasteiger partial charge on any atom is -0.478 e. The van der Waals surface area contributed by atoms with Crippen molar-refractivity contribution in [3.63, 3.8) is 0 Å². The minimum atomic E-state index is -0.999. The van der Waals surface area contributed by atoms with Gasteiger partial charge in [-0.05, 0) is 45.4 Å². The lowest BCUT2D eigenvalue weighted by molar-refractivity contribution is 0.0696. The number of amides is 1. The molecular formula is C27H27NO4. The Labute approximate surface area is 188 Å². The molecule has 0 saturated heterocycles. The number of ether oxygens (including phenoxy) is 1. The van der Waals surface area contributed by atoms with Crippen LogP contribution in [0.25, 0.3) is 11.1 Å². The van der Waals surface area contributed by atoms with E-state index >= 15 is 0 Å². The van der Waals surface area contributed by atoms with Gasteiger partial charge >= 0.3 is 12.1 Å². The Hall–Kier alpha value is -3.60. The van der Waals surface area contributed by atoms with E-state index in [0.717, 1.165) is 16.7 Å². The molecule has 5 heteroatoms. The molecule has 0 bridgehead atoms. The van der Waals surface area contributed by atoms with E-state index in [1.165, 1.54) is 11.1 Å². The summed E-state index contributed by atoms with van der Waals surface area (Å²) in [6.45, 7) is 6.21. The fourth-order valence-electron chi connectivity index (χ4n) is 4.41. The summed E-state index contributed by atoms with van der Waals surface area (Å²) in [6, 6.07) is 22.6. The van der Waals surface area contributed by atoms with Gasteiger partial charge in [0.2, 0.25) is 0 Å². The quantitative estimate of drug-likeness (QED) is 0.521. The van der Waals surface area contributed by atoms with Crippen LogP contribution in [0.5, 0.6) is 0 Å². The summed E-state index contributed by atoms with van der Waals surface area (Å²) < 4.78 is 5.70. The van der Waals surface area contributed by atoms with E-state index < -0.39 is 18.1 Å². The number of carboxylic acids is 1. The van der Waals surface area contributed by atoms with Gasteiger partial charge in [-0.3, -0.25) is 0 Å². The second kappa shape index (κ2) is 8.50. The smallest absolute Gasteiger partial charge is 0.407 e. The molecule has 1 atom stereocenters. The number of benzene rings is 3. The summed E-state index contributed by atoms with van der Waals surface area (Å²) in [4.78, 5) is 24.2. The number of aromatic carboxylic acids is 1. The Kier molecular flexibility index (Phi) is 5.74. The first-order valence-corrected chi connectivity index (χ1v) is 10.7. The molecule has 0 fully saturated rings. The van der Waals surface area contributed by atoms with Gasteiger partial charge < -0.3 is 15.2 Å². The molecule has 4 rings (SSSR count). The van der Waals surface area contributed by atoms with Crippen LogP contribution in [0.3, 0.4) is 0 Å². The van der Waals surface area contributed by atoms with Crippen molar-refractivity contribution >= 4 is 12.1 Å². The number of carbonyl (C=O) groups is 2. The average Bonchev–Trinajstić information content (AvgIpc) is 3.09. The van der Waals surface area contributed by atoms with Crippen molar-refractivity contribution in [2.75, 3.05) is 6.61 Å². The van der Waals surface area contributed by atoms with Gasteiger partial charge in [0.05, 0.1) is 11.6 Å². The molecule has 1 aliphatic rings. The van der Waals surface area contributed by atoms with E-state index in [-0.39, 0.29) is 23.5 Å². The molecule has 5 nitrogen and oxygen atoms in total. The predicted octanol–water partition coefficient (Wildman–Crippen LogP) is 6.01. The number of nitrogens with one attached hydrogen (secondary N) is 1. The van der Waals surface area contributed by atoms with Crippen molar-refractivity contribution in [2.45, 2.75) is 32.7 Å². The summed E-state index contributed by atoms with van der Waals surface area (Å²) in [6.07, 6.45) is -0.521. The van der Waals surface area contributed by atoms with Gasteiger partial charge in [0.15, 0.2) is 0 Å². The fraction of sp³-hybridized carbons (Fsp3) is 0.259. The molecule has 32 heavy (non-hydrogen) atoms. The van der Waals surface area contributed by atoms with Crippen LogP contribution < -0.4 is 5.32 Å². The first-order valence-electron chi connectivity index (χ1n) is 10.7. The van der Waals surface area contributed by atoms with E-state index in [2.05, 4.69) is 29.6 Å². The molecule has 0 saturated carbocycles. The molecule has 164 valence electrons. The summed E-state index contributed by atoms with van der Waals surface area (Å²) in [5.41, 5.74) is 5.23. The van der Waals surface area contributed by atoms with Gasteiger partial charge in [0.1, 0.15) is 6.61 Å². The van der Waals surface area contributed by atoms with E-state index in [0.29, 0.717) is 0 Å². The van der Waals surface area contributed by atoms with Gasteiger partial charge in [-0.2, -0.15) is 0 Å². The van der Waals surface area contributed by atoms with Crippen LogP contribution in [0.1, 0.15) is 59.8 Å². The molecule has 0 aliphatic heterocycles. The maximum atomic E-state index is 12.8. The molecular weight excluding hydrogens is 402 g/mol. The predicted molar refractivity (Wildman–Crippen MR) is 124 cm³/mol. The number of carboxylic acid groups (broad SMARTS) is 1. The lowest BCUT2D eigenvalue weighted by atomic mass is 9.82. The maximum absolute atomic E-state index is 12.8. The third-order valence-corrected chi connectivity index (χ3v) is 5.94. The Morgan fingerprint density at radius 3 is 2.09 bits per heavy atom. The minimum absolute atomic E-state index is 0.0171. The standard InChI is InChI=1S/C27H27NO4/c1-27(2,3)24(17-9-8-10-18(15-17)25(29)30)28-26(31)32-16-23-21-13-6-4-11-19(21)20-12-5-7-14-22(20)23/h4-15,23-24H,16H2,1-3H3,(H,28,31)(H,29,30). The third-order valence-electron chi connectivity index (χ3n) is 5.94. The Balaban J connectivity index is 1.52. The van der Waals surface area contributed by atoms with Crippen molar-refractivity contribution in [1.82, 2.24) is 5.32 Å². The van der Waals surface area contributed by atoms with Crippen LogP contribution in [0.2, 0.25) is 0 Å². The normalized spacial score (nSPS) is 13.7. The number of rotatable bonds is 5. The van der Waals surface area contributed by atoms with Crippen LogP contribution in [-0.4, -0.2) is 23.8 Å². The van der Waals surface area contributed by atoms with Gasteiger partial charge in [-0.25, -0.2) is 9.59 Å². The summed E-state index contributed by atoms with van der Waals surface area (Å²) in [7, 11) is 0. The first kappa shape index (κ1) is 21.6. The maximum Gasteiger partial charge on any atom is 0.407 e. The van der Waals surface area contributed by atoms with E-state index in [4.69, 9.17) is 4.74 Å².